The lowest BCUT2D eigenvalue weighted by Gasteiger charge is -2.38. The third-order valence-electron chi connectivity index (χ3n) is 14.6. The molecule has 6 atom stereocenters. The summed E-state index contributed by atoms with van der Waals surface area (Å²) >= 11 is 0. The first-order valence-corrected chi connectivity index (χ1v) is 30.7. The maximum Gasteiger partial charge on any atom is 0.335 e. The van der Waals surface area contributed by atoms with E-state index in [1.54, 1.807) is 0 Å². The van der Waals surface area contributed by atoms with Gasteiger partial charge in [-0.05, 0) is 38.5 Å². The lowest BCUT2D eigenvalue weighted by molar-refractivity contribution is -0.298. The standard InChI is InChI=1S/C61H114O11/c1-3-5-7-9-11-13-15-17-19-21-23-25-27-29-31-33-35-37-39-41-43-45-47-49-54(62)69-51-53(52-70-61-58(66)56(64)57(65)59(72-61)60(67)68)71-55(63)50-48-46-44-42-40-38-36-34-32-30-28-26-24-22-20-18-16-14-12-10-8-6-4-2/h21,23,53,56-59,61,64-66H,3-20,22,24-52H2,1-2H3,(H,67,68)/b23-21-. The molecule has 4 N–H and O–H groups in total. The quantitative estimate of drug-likeness (QED) is 0.0260. The van der Waals surface area contributed by atoms with E-state index < -0.39 is 54.7 Å². The average Bonchev–Trinajstić information content (AvgIpc) is 3.37. The van der Waals surface area contributed by atoms with E-state index in [1.165, 1.54) is 231 Å². The van der Waals surface area contributed by atoms with Crippen LogP contribution in [0.4, 0.5) is 0 Å². The molecule has 72 heavy (non-hydrogen) atoms. The van der Waals surface area contributed by atoms with Gasteiger partial charge in [0, 0.05) is 12.8 Å². The van der Waals surface area contributed by atoms with Gasteiger partial charge >= 0.3 is 17.9 Å². The van der Waals surface area contributed by atoms with Crippen LogP contribution in [0.15, 0.2) is 12.2 Å². The summed E-state index contributed by atoms with van der Waals surface area (Å²) in [4.78, 5) is 37.2. The van der Waals surface area contributed by atoms with Crippen molar-refractivity contribution in [3.63, 3.8) is 0 Å². The molecule has 424 valence electrons. The van der Waals surface area contributed by atoms with E-state index in [1.807, 2.05) is 0 Å². The van der Waals surface area contributed by atoms with Gasteiger partial charge in [0.1, 0.15) is 24.9 Å². The molecule has 0 saturated carbocycles. The van der Waals surface area contributed by atoms with E-state index in [9.17, 15) is 34.8 Å². The molecule has 11 heteroatoms. The molecule has 0 radical (unpaired) electrons. The number of allylic oxidation sites excluding steroid dienone is 2. The Bertz CT molecular complexity index is 1240. The van der Waals surface area contributed by atoms with Crippen LogP contribution in [0.25, 0.3) is 0 Å². The summed E-state index contributed by atoms with van der Waals surface area (Å²) in [6.07, 6.45) is 51.3. The van der Waals surface area contributed by atoms with Crippen molar-refractivity contribution in [2.45, 2.75) is 346 Å². The Labute approximate surface area is 441 Å². The number of hydrogen-bond acceptors (Lipinski definition) is 10. The van der Waals surface area contributed by atoms with Gasteiger partial charge in [-0.2, -0.15) is 0 Å². The number of aliphatic hydroxyl groups excluding tert-OH is 3. The number of carbonyl (C=O) groups excluding carboxylic acids is 2. The number of aliphatic carboxylic acids is 1. The van der Waals surface area contributed by atoms with Crippen molar-refractivity contribution in [2.75, 3.05) is 13.2 Å². The fourth-order valence-electron chi connectivity index (χ4n) is 9.82. The summed E-state index contributed by atoms with van der Waals surface area (Å²) in [5, 5.41) is 40.1. The molecule has 6 unspecified atom stereocenters. The Morgan fingerprint density at radius 1 is 0.417 bits per heavy atom. The second kappa shape index (κ2) is 51.1. The highest BCUT2D eigenvalue weighted by molar-refractivity contribution is 5.73. The Morgan fingerprint density at radius 2 is 0.736 bits per heavy atom. The largest absolute Gasteiger partial charge is 0.479 e. The first kappa shape index (κ1) is 68.0. The van der Waals surface area contributed by atoms with E-state index in [-0.39, 0.29) is 26.1 Å². The smallest absolute Gasteiger partial charge is 0.335 e. The monoisotopic (exact) mass is 1020 g/mol. The second-order valence-corrected chi connectivity index (χ2v) is 21.6. The molecule has 0 aromatic rings. The van der Waals surface area contributed by atoms with Gasteiger partial charge in [0.2, 0.25) is 0 Å². The zero-order valence-corrected chi connectivity index (χ0v) is 46.7. The predicted molar refractivity (Wildman–Crippen MR) is 294 cm³/mol. The van der Waals surface area contributed by atoms with Crippen molar-refractivity contribution in [1.29, 1.82) is 0 Å². The number of carboxylic acid groups (broad SMARTS) is 1. The van der Waals surface area contributed by atoms with Crippen molar-refractivity contribution in [3.05, 3.63) is 12.2 Å². The normalized spacial score (nSPS) is 18.5. The number of rotatable bonds is 54. The number of unbranched alkanes of at least 4 members (excludes halogenated alkanes) is 41. The van der Waals surface area contributed by atoms with Gasteiger partial charge in [-0.15, -0.1) is 0 Å². The van der Waals surface area contributed by atoms with Gasteiger partial charge in [0.15, 0.2) is 18.5 Å². The minimum atomic E-state index is -1.86. The summed E-state index contributed by atoms with van der Waals surface area (Å²) < 4.78 is 21.9. The molecule has 1 rings (SSSR count). The molecule has 0 aromatic heterocycles. The lowest BCUT2D eigenvalue weighted by Crippen LogP contribution is -2.60. The Kier molecular flexibility index (Phi) is 48.2. The van der Waals surface area contributed by atoms with Crippen LogP contribution in [0.3, 0.4) is 0 Å². The molecule has 1 saturated heterocycles. The van der Waals surface area contributed by atoms with E-state index >= 15 is 0 Å². The molecule has 11 nitrogen and oxygen atoms in total. The van der Waals surface area contributed by atoms with E-state index in [0.717, 1.165) is 38.5 Å². The van der Waals surface area contributed by atoms with Crippen LogP contribution in [0.5, 0.6) is 0 Å². The predicted octanol–water partition coefficient (Wildman–Crippen LogP) is 15.9. The second-order valence-electron chi connectivity index (χ2n) is 21.6. The maximum atomic E-state index is 12.9. The Hall–Kier alpha value is -2.05. The lowest BCUT2D eigenvalue weighted by atomic mass is 9.99. The van der Waals surface area contributed by atoms with Crippen LogP contribution in [-0.2, 0) is 33.3 Å². The highest BCUT2D eigenvalue weighted by atomic mass is 16.7. The number of carbonyl (C=O) groups is 3. The van der Waals surface area contributed by atoms with Crippen LogP contribution in [0.2, 0.25) is 0 Å². The Balaban J connectivity index is 2.19. The first-order valence-electron chi connectivity index (χ1n) is 30.7. The number of aliphatic hydroxyl groups is 3. The molecule has 1 fully saturated rings. The van der Waals surface area contributed by atoms with Crippen molar-refractivity contribution in [2.24, 2.45) is 0 Å². The number of carboxylic acids is 1. The molecule has 0 spiro atoms. The summed E-state index contributed by atoms with van der Waals surface area (Å²) in [6.45, 7) is 3.89. The highest BCUT2D eigenvalue weighted by Crippen LogP contribution is 2.24. The van der Waals surface area contributed by atoms with E-state index in [0.29, 0.717) is 12.8 Å². The molecule has 1 aliphatic heterocycles. The molecular formula is C61H114O11. The van der Waals surface area contributed by atoms with Crippen molar-refractivity contribution in [1.82, 2.24) is 0 Å². The van der Waals surface area contributed by atoms with Crippen LogP contribution in [-0.4, -0.2) is 88.4 Å². The van der Waals surface area contributed by atoms with Crippen molar-refractivity contribution in [3.8, 4) is 0 Å². The van der Waals surface area contributed by atoms with Gasteiger partial charge in [-0.25, -0.2) is 4.79 Å². The molecule has 0 amide bonds. The van der Waals surface area contributed by atoms with Gasteiger partial charge in [-0.3, -0.25) is 9.59 Å². The fraction of sp³-hybridized carbons (Fsp3) is 0.918. The molecule has 0 aliphatic carbocycles. The highest BCUT2D eigenvalue weighted by Gasteiger charge is 2.47. The van der Waals surface area contributed by atoms with Crippen LogP contribution < -0.4 is 0 Å². The number of hydrogen-bond donors (Lipinski definition) is 4. The molecule has 0 bridgehead atoms. The first-order chi connectivity index (χ1) is 35.2. The summed E-state index contributed by atoms with van der Waals surface area (Å²) in [5.41, 5.74) is 0. The fourth-order valence-corrected chi connectivity index (χ4v) is 9.82. The minimum Gasteiger partial charge on any atom is -0.479 e. The number of esters is 2. The maximum absolute atomic E-state index is 12.9. The zero-order valence-electron chi connectivity index (χ0n) is 46.7. The van der Waals surface area contributed by atoms with Crippen molar-refractivity contribution >= 4 is 17.9 Å². The Morgan fingerprint density at radius 3 is 1.08 bits per heavy atom. The summed E-state index contributed by atoms with van der Waals surface area (Å²) in [7, 11) is 0. The SMILES string of the molecule is CCCCCCCCCC/C=C\CCCCCCCCCCCCCC(=O)OCC(COC1OC(C(=O)O)C(O)C(O)C1O)OC(=O)CCCCCCCCCCCCCCCCCCCCCCCCC. The topological polar surface area (TPSA) is 169 Å². The molecule has 1 aliphatic rings. The van der Waals surface area contributed by atoms with E-state index in [4.69, 9.17) is 18.9 Å². The number of ether oxygens (including phenoxy) is 4. The summed E-state index contributed by atoms with van der Waals surface area (Å²) in [6, 6.07) is 0. The van der Waals surface area contributed by atoms with Crippen molar-refractivity contribution < 1.29 is 53.8 Å². The van der Waals surface area contributed by atoms with E-state index in [2.05, 4.69) is 26.0 Å². The van der Waals surface area contributed by atoms with Crippen LogP contribution in [0.1, 0.15) is 309 Å². The third-order valence-corrected chi connectivity index (χ3v) is 14.6. The average molecular weight is 1020 g/mol. The third kappa shape index (κ3) is 41.2. The molecule has 0 aromatic carbocycles. The van der Waals surface area contributed by atoms with Gasteiger partial charge in [-0.1, -0.05) is 270 Å². The van der Waals surface area contributed by atoms with Crippen LogP contribution >= 0.6 is 0 Å². The van der Waals surface area contributed by atoms with Gasteiger partial charge in [0.25, 0.3) is 0 Å². The zero-order chi connectivity index (χ0) is 52.4. The van der Waals surface area contributed by atoms with Gasteiger partial charge < -0.3 is 39.4 Å². The van der Waals surface area contributed by atoms with Gasteiger partial charge in [0.05, 0.1) is 6.61 Å². The molecule has 1 heterocycles. The summed E-state index contributed by atoms with van der Waals surface area (Å²) in [5.74, 6) is -2.42. The molecular weight excluding hydrogens is 909 g/mol. The minimum absolute atomic E-state index is 0.190. The van der Waals surface area contributed by atoms with Crippen LogP contribution in [0, 0.1) is 0 Å².